The van der Waals surface area contributed by atoms with E-state index in [2.05, 4.69) is 10.6 Å². The summed E-state index contributed by atoms with van der Waals surface area (Å²) in [5.41, 5.74) is -0.0462. The van der Waals surface area contributed by atoms with Gasteiger partial charge in [0.25, 0.3) is 0 Å². The molecule has 0 aliphatic carbocycles. The first kappa shape index (κ1) is 19.7. The fourth-order valence-electron chi connectivity index (χ4n) is 4.93. The smallest absolute Gasteiger partial charge is 0.250 e. The molecule has 0 aromatic heterocycles. The molecule has 8 heteroatoms. The van der Waals surface area contributed by atoms with Crippen LogP contribution in [0, 0.1) is 11.8 Å². The molecule has 3 amide bonds. The van der Waals surface area contributed by atoms with Gasteiger partial charge in [-0.25, -0.2) is 0 Å². The van der Waals surface area contributed by atoms with Crippen molar-refractivity contribution in [1.29, 1.82) is 0 Å². The minimum Gasteiger partial charge on any atom is -0.323 e. The summed E-state index contributed by atoms with van der Waals surface area (Å²) in [5.74, 6) is -1.17. The second-order valence-corrected chi connectivity index (χ2v) is 9.16. The molecule has 150 valence electrons. The van der Waals surface area contributed by atoms with Crippen LogP contribution in [-0.2, 0) is 19.9 Å². The third-order valence-corrected chi connectivity index (χ3v) is 7.36. The molecule has 2 fully saturated rings. The number of fused-ring (bicyclic) bond motifs is 4. The number of imide groups is 1. The first-order chi connectivity index (χ1) is 13.4. The van der Waals surface area contributed by atoms with Gasteiger partial charge in [0.1, 0.15) is 5.54 Å². The number of carbonyl (C=O) groups excluding carboxylic acids is 3. The zero-order chi connectivity index (χ0) is 20.2. The highest BCUT2D eigenvalue weighted by atomic mass is 35.5. The summed E-state index contributed by atoms with van der Waals surface area (Å²) in [6, 6.07) is 4.89. The quantitative estimate of drug-likeness (QED) is 0.714. The lowest BCUT2D eigenvalue weighted by Gasteiger charge is -2.31. The van der Waals surface area contributed by atoms with E-state index in [4.69, 9.17) is 11.6 Å². The van der Waals surface area contributed by atoms with Crippen molar-refractivity contribution in [3.05, 3.63) is 28.8 Å². The Bertz CT molecular complexity index is 863. The Hall–Kier alpha value is -1.57. The van der Waals surface area contributed by atoms with Gasteiger partial charge in [0.05, 0.1) is 22.5 Å². The van der Waals surface area contributed by atoms with Gasteiger partial charge in [-0.1, -0.05) is 30.7 Å². The van der Waals surface area contributed by atoms with Gasteiger partial charge in [-0.2, -0.15) is 11.8 Å². The largest absolute Gasteiger partial charge is 0.323 e. The Kier molecular flexibility index (Phi) is 4.96. The molecule has 1 spiro atoms. The van der Waals surface area contributed by atoms with Crippen LogP contribution in [0.25, 0.3) is 0 Å². The Morgan fingerprint density at radius 1 is 1.29 bits per heavy atom. The van der Waals surface area contributed by atoms with Crippen LogP contribution in [0.4, 0.5) is 5.69 Å². The number of para-hydroxylation sites is 1. The average Bonchev–Trinajstić information content (AvgIpc) is 3.26. The average molecular weight is 422 g/mol. The van der Waals surface area contributed by atoms with Crippen LogP contribution in [0.15, 0.2) is 18.2 Å². The fourth-order valence-corrected chi connectivity index (χ4v) is 5.64. The molecule has 2 N–H and O–H groups in total. The lowest BCUT2D eigenvalue weighted by Crippen LogP contribution is -2.54. The van der Waals surface area contributed by atoms with E-state index in [1.165, 1.54) is 4.90 Å². The summed E-state index contributed by atoms with van der Waals surface area (Å²) in [4.78, 5) is 41.4. The molecule has 0 radical (unpaired) electrons. The predicted molar refractivity (Wildman–Crippen MR) is 110 cm³/mol. The second-order valence-electron chi connectivity index (χ2n) is 7.76. The van der Waals surface area contributed by atoms with Crippen molar-refractivity contribution in [3.8, 4) is 0 Å². The van der Waals surface area contributed by atoms with Gasteiger partial charge < -0.3 is 5.32 Å². The molecule has 5 atom stereocenters. The molecule has 1 aromatic carbocycles. The molecule has 4 rings (SSSR count). The molecule has 0 bridgehead atoms. The van der Waals surface area contributed by atoms with Crippen LogP contribution in [0.2, 0.25) is 5.02 Å². The van der Waals surface area contributed by atoms with E-state index in [1.54, 1.807) is 23.9 Å². The minimum atomic E-state index is -1.25. The Morgan fingerprint density at radius 3 is 2.71 bits per heavy atom. The van der Waals surface area contributed by atoms with Crippen LogP contribution in [0.1, 0.15) is 32.3 Å². The summed E-state index contributed by atoms with van der Waals surface area (Å²) >= 11 is 8.00. The molecule has 6 nitrogen and oxygen atoms in total. The third kappa shape index (κ3) is 2.49. The summed E-state index contributed by atoms with van der Waals surface area (Å²) in [6.07, 6.45) is 3.40. The lowest BCUT2D eigenvalue weighted by atomic mass is 9.76. The summed E-state index contributed by atoms with van der Waals surface area (Å²) in [7, 11) is 0. The topological polar surface area (TPSA) is 78.5 Å². The molecule has 1 aromatic rings. The Morgan fingerprint density at radius 2 is 2.04 bits per heavy atom. The van der Waals surface area contributed by atoms with Gasteiger partial charge in [-0.3, -0.25) is 24.6 Å². The highest BCUT2D eigenvalue weighted by Gasteiger charge is 2.70. The van der Waals surface area contributed by atoms with Crippen LogP contribution in [-0.4, -0.2) is 46.7 Å². The highest BCUT2D eigenvalue weighted by Crippen LogP contribution is 2.54. The van der Waals surface area contributed by atoms with Gasteiger partial charge in [0.2, 0.25) is 17.7 Å². The molecule has 0 unspecified atom stereocenters. The maximum atomic E-state index is 13.5. The number of nitrogens with zero attached hydrogens (tertiary/aromatic N) is 1. The van der Waals surface area contributed by atoms with Crippen molar-refractivity contribution in [2.24, 2.45) is 11.8 Å². The van der Waals surface area contributed by atoms with Crippen molar-refractivity contribution in [2.45, 2.75) is 44.3 Å². The maximum Gasteiger partial charge on any atom is 0.250 e. The molecule has 28 heavy (non-hydrogen) atoms. The number of hydrogen-bond acceptors (Lipinski definition) is 5. The van der Waals surface area contributed by atoms with Crippen molar-refractivity contribution >= 4 is 46.8 Å². The highest BCUT2D eigenvalue weighted by molar-refractivity contribution is 7.98. The molecule has 3 heterocycles. The molecular weight excluding hydrogens is 398 g/mol. The first-order valence-electron chi connectivity index (χ1n) is 9.62. The first-order valence-corrected chi connectivity index (χ1v) is 11.4. The molecule has 3 aliphatic heterocycles. The van der Waals surface area contributed by atoms with E-state index in [0.717, 1.165) is 5.75 Å². The number of hydrogen-bond donors (Lipinski definition) is 2. The number of amides is 3. The van der Waals surface area contributed by atoms with Crippen molar-refractivity contribution in [2.75, 3.05) is 17.3 Å². The van der Waals surface area contributed by atoms with Crippen LogP contribution < -0.4 is 10.6 Å². The van der Waals surface area contributed by atoms with E-state index in [9.17, 15) is 14.4 Å². The van der Waals surface area contributed by atoms with E-state index in [1.807, 2.05) is 26.2 Å². The van der Waals surface area contributed by atoms with E-state index in [0.29, 0.717) is 29.1 Å². The number of likely N-dealkylation sites (tertiary alicyclic amines) is 1. The number of benzene rings is 1. The van der Waals surface area contributed by atoms with Gasteiger partial charge in [0.15, 0.2) is 0 Å². The second kappa shape index (κ2) is 7.04. The number of anilines is 1. The van der Waals surface area contributed by atoms with Crippen molar-refractivity contribution < 1.29 is 14.4 Å². The predicted octanol–water partition coefficient (Wildman–Crippen LogP) is 2.61. The zero-order valence-corrected chi connectivity index (χ0v) is 17.7. The van der Waals surface area contributed by atoms with Gasteiger partial charge in [0, 0.05) is 17.6 Å². The standard InChI is InChI=1S/C20H24ClN3O3S/c1-4-10(2)24-17(25)14-13(8-9-28-3)23-20(15(14)18(24)26)11-6-5-7-12(21)16(11)22-19(20)27/h5-7,10,13-15,23H,4,8-9H2,1-3H3,(H,22,27)/t10-,13-,14+,15+,20+/m0/s1. The van der Waals surface area contributed by atoms with E-state index < -0.39 is 17.4 Å². The van der Waals surface area contributed by atoms with Gasteiger partial charge in [-0.15, -0.1) is 0 Å². The summed E-state index contributed by atoms with van der Waals surface area (Å²) in [5, 5.41) is 6.72. The molecular formula is C20H24ClN3O3S. The van der Waals surface area contributed by atoms with Gasteiger partial charge in [-0.05, 0) is 37.8 Å². The van der Waals surface area contributed by atoms with Crippen LogP contribution >= 0.6 is 23.4 Å². The minimum absolute atomic E-state index is 0.164. The third-order valence-electron chi connectivity index (χ3n) is 6.40. The number of carbonyl (C=O) groups is 3. The Balaban J connectivity index is 1.86. The zero-order valence-electron chi connectivity index (χ0n) is 16.1. The van der Waals surface area contributed by atoms with E-state index >= 15 is 0 Å². The number of rotatable bonds is 5. The van der Waals surface area contributed by atoms with Crippen LogP contribution in [0.3, 0.4) is 0 Å². The van der Waals surface area contributed by atoms with E-state index in [-0.39, 0.29) is 29.8 Å². The normalized spacial score (nSPS) is 32.1. The number of halogens is 1. The number of nitrogens with one attached hydrogen (secondary N) is 2. The number of thioether (sulfide) groups is 1. The molecule has 3 aliphatic rings. The van der Waals surface area contributed by atoms with Gasteiger partial charge >= 0.3 is 0 Å². The SMILES string of the molecule is CC[C@H](C)N1C(=O)[C@@H]2[C@H](CCSC)N[C@@]3(C(=O)Nc4c(Cl)cccc43)[C@H]2C1=O. The molecule has 0 saturated carbocycles. The summed E-state index contributed by atoms with van der Waals surface area (Å²) in [6.45, 7) is 3.84. The van der Waals surface area contributed by atoms with Crippen molar-refractivity contribution in [1.82, 2.24) is 10.2 Å². The monoisotopic (exact) mass is 421 g/mol. The lowest BCUT2D eigenvalue weighted by molar-refractivity contribution is -0.145. The van der Waals surface area contributed by atoms with Crippen LogP contribution in [0.5, 0.6) is 0 Å². The summed E-state index contributed by atoms with van der Waals surface area (Å²) < 4.78 is 0. The Labute approximate surface area is 173 Å². The van der Waals surface area contributed by atoms with Crippen molar-refractivity contribution in [3.63, 3.8) is 0 Å². The fraction of sp³-hybridized carbons (Fsp3) is 0.550. The molecule has 2 saturated heterocycles. The maximum absolute atomic E-state index is 13.5.